The van der Waals surface area contributed by atoms with Crippen LogP contribution in [0.25, 0.3) is 0 Å². The molecule has 0 bridgehead atoms. The average Bonchev–Trinajstić information content (AvgIpc) is 2.36. The molecule has 1 heterocycles. The second-order valence-corrected chi connectivity index (χ2v) is 4.75. The van der Waals surface area contributed by atoms with Crippen LogP contribution >= 0.6 is 0 Å². The van der Waals surface area contributed by atoms with Crippen LogP contribution in [0.1, 0.15) is 20.3 Å². The molecule has 4 N–H and O–H groups in total. The van der Waals surface area contributed by atoms with E-state index in [1.807, 2.05) is 13.8 Å². The summed E-state index contributed by atoms with van der Waals surface area (Å²) in [5.41, 5.74) is 0.220. The smallest absolute Gasteiger partial charge is 0.254 e. The third-order valence-electron chi connectivity index (χ3n) is 2.92. The Labute approximate surface area is 119 Å². The Bertz CT molecular complexity index is 412. The maximum Gasteiger partial charge on any atom is 0.254 e. The molecule has 2 unspecified atom stereocenters. The third-order valence-corrected chi connectivity index (χ3v) is 2.92. The number of carbonyl (C=O) groups excluding carboxylic acids is 1. The second kappa shape index (κ2) is 7.12. The van der Waals surface area contributed by atoms with Gasteiger partial charge in [0.25, 0.3) is 5.91 Å². The van der Waals surface area contributed by atoms with Crippen molar-refractivity contribution in [2.24, 2.45) is 0 Å². The van der Waals surface area contributed by atoms with E-state index in [0.717, 1.165) is 0 Å². The summed E-state index contributed by atoms with van der Waals surface area (Å²) in [6.45, 7) is 11.6. The van der Waals surface area contributed by atoms with Gasteiger partial charge in [0, 0.05) is 24.9 Å². The van der Waals surface area contributed by atoms with Crippen LogP contribution in [0.5, 0.6) is 0 Å². The first-order chi connectivity index (χ1) is 9.45. The first-order valence-electron chi connectivity index (χ1n) is 6.57. The SMILES string of the molecule is C=CN/C=C(\C(=C)NC1(C)CC(CO)O1)C(=O)NCC. The molecule has 0 aromatic heterocycles. The fraction of sp³-hybridized carbons (Fsp3) is 0.500. The van der Waals surface area contributed by atoms with Crippen LogP contribution in [0.15, 0.2) is 36.8 Å². The van der Waals surface area contributed by atoms with Gasteiger partial charge < -0.3 is 25.8 Å². The van der Waals surface area contributed by atoms with Gasteiger partial charge in [-0.2, -0.15) is 0 Å². The van der Waals surface area contributed by atoms with Crippen molar-refractivity contribution < 1.29 is 14.6 Å². The van der Waals surface area contributed by atoms with Crippen LogP contribution in [-0.2, 0) is 9.53 Å². The van der Waals surface area contributed by atoms with Crippen LogP contribution in [-0.4, -0.2) is 36.0 Å². The molecule has 1 amide bonds. The summed E-state index contributed by atoms with van der Waals surface area (Å²) in [6, 6.07) is 0. The quantitative estimate of drug-likeness (QED) is 0.381. The highest BCUT2D eigenvalue weighted by atomic mass is 16.6. The van der Waals surface area contributed by atoms with Crippen LogP contribution in [0.4, 0.5) is 0 Å². The van der Waals surface area contributed by atoms with Crippen molar-refractivity contribution in [3.8, 4) is 0 Å². The molecular formula is C14H23N3O3. The fourth-order valence-electron chi connectivity index (χ4n) is 2.05. The number of hydrogen-bond acceptors (Lipinski definition) is 5. The average molecular weight is 281 g/mol. The van der Waals surface area contributed by atoms with Crippen molar-refractivity contribution in [2.75, 3.05) is 13.2 Å². The summed E-state index contributed by atoms with van der Waals surface area (Å²) >= 11 is 0. The van der Waals surface area contributed by atoms with E-state index in [1.165, 1.54) is 12.4 Å². The summed E-state index contributed by atoms with van der Waals surface area (Å²) in [7, 11) is 0. The number of amides is 1. The standard InChI is InChI=1S/C14H23N3O3/c1-5-15-8-12(13(19)16-6-2)10(3)17-14(4)7-11(9-18)20-14/h5,8,11,15,17-18H,1,3,6-7,9H2,2,4H3,(H,16,19)/b12-8+. The molecule has 0 spiro atoms. The zero-order valence-electron chi connectivity index (χ0n) is 12.0. The Hall–Kier alpha value is -1.79. The van der Waals surface area contributed by atoms with Crippen molar-refractivity contribution in [1.29, 1.82) is 0 Å². The Kier molecular flexibility index (Phi) is 5.79. The van der Waals surface area contributed by atoms with Crippen LogP contribution in [0, 0.1) is 0 Å². The van der Waals surface area contributed by atoms with Gasteiger partial charge in [-0.25, -0.2) is 0 Å². The molecule has 1 rings (SSSR count). The number of carbonyl (C=O) groups is 1. The molecule has 20 heavy (non-hydrogen) atoms. The predicted octanol–water partition coefficient (Wildman–Crippen LogP) is 0.340. The third kappa shape index (κ3) is 4.11. The van der Waals surface area contributed by atoms with E-state index in [-0.39, 0.29) is 18.6 Å². The van der Waals surface area contributed by atoms with E-state index >= 15 is 0 Å². The highest BCUT2D eigenvalue weighted by molar-refractivity contribution is 5.97. The molecule has 1 fully saturated rings. The van der Waals surface area contributed by atoms with Gasteiger partial charge in [-0.05, 0) is 20.0 Å². The summed E-state index contributed by atoms with van der Waals surface area (Å²) < 4.78 is 5.52. The number of hydrogen-bond donors (Lipinski definition) is 4. The highest BCUT2D eigenvalue weighted by Crippen LogP contribution is 2.30. The minimum Gasteiger partial charge on any atom is -0.394 e. The summed E-state index contributed by atoms with van der Waals surface area (Å²) in [6.07, 6.45) is 3.48. The lowest BCUT2D eigenvalue weighted by Gasteiger charge is -2.46. The Morgan fingerprint density at radius 1 is 1.60 bits per heavy atom. The Balaban J connectivity index is 2.69. The summed E-state index contributed by atoms with van der Waals surface area (Å²) in [5, 5.41) is 17.5. The van der Waals surface area contributed by atoms with Crippen molar-refractivity contribution in [3.05, 3.63) is 36.8 Å². The van der Waals surface area contributed by atoms with Gasteiger partial charge in [0.15, 0.2) is 0 Å². The second-order valence-electron chi connectivity index (χ2n) is 4.75. The molecule has 0 aliphatic carbocycles. The van der Waals surface area contributed by atoms with Gasteiger partial charge in [-0.15, -0.1) is 0 Å². The zero-order valence-corrected chi connectivity index (χ0v) is 12.0. The molecule has 0 radical (unpaired) electrons. The monoisotopic (exact) mass is 281 g/mol. The molecule has 2 atom stereocenters. The van der Waals surface area contributed by atoms with Crippen molar-refractivity contribution in [1.82, 2.24) is 16.0 Å². The Morgan fingerprint density at radius 3 is 2.75 bits per heavy atom. The molecule has 6 nitrogen and oxygen atoms in total. The molecular weight excluding hydrogens is 258 g/mol. The van der Waals surface area contributed by atoms with E-state index < -0.39 is 5.72 Å². The van der Waals surface area contributed by atoms with Crippen LogP contribution < -0.4 is 16.0 Å². The van der Waals surface area contributed by atoms with E-state index in [0.29, 0.717) is 24.2 Å². The van der Waals surface area contributed by atoms with Gasteiger partial charge in [-0.3, -0.25) is 4.79 Å². The molecule has 1 aliphatic heterocycles. The lowest BCUT2D eigenvalue weighted by molar-refractivity contribution is -0.219. The lowest BCUT2D eigenvalue weighted by Crippen LogP contribution is -2.59. The molecule has 1 saturated heterocycles. The van der Waals surface area contributed by atoms with E-state index in [9.17, 15) is 4.79 Å². The molecule has 112 valence electrons. The van der Waals surface area contributed by atoms with E-state index in [2.05, 4.69) is 29.1 Å². The van der Waals surface area contributed by atoms with E-state index in [4.69, 9.17) is 9.84 Å². The normalized spacial score (nSPS) is 25.4. The van der Waals surface area contributed by atoms with Gasteiger partial charge in [-0.1, -0.05) is 13.2 Å². The van der Waals surface area contributed by atoms with E-state index in [1.54, 1.807) is 0 Å². The summed E-state index contributed by atoms with van der Waals surface area (Å²) in [5.74, 6) is -0.235. The number of nitrogens with one attached hydrogen (secondary N) is 3. The Morgan fingerprint density at radius 2 is 2.25 bits per heavy atom. The largest absolute Gasteiger partial charge is 0.394 e. The van der Waals surface area contributed by atoms with Crippen molar-refractivity contribution in [2.45, 2.75) is 32.1 Å². The van der Waals surface area contributed by atoms with Gasteiger partial charge in [0.2, 0.25) is 0 Å². The van der Waals surface area contributed by atoms with Gasteiger partial charge >= 0.3 is 0 Å². The number of aliphatic hydroxyl groups is 1. The van der Waals surface area contributed by atoms with Crippen molar-refractivity contribution >= 4 is 5.91 Å². The van der Waals surface area contributed by atoms with Crippen molar-refractivity contribution in [3.63, 3.8) is 0 Å². The molecule has 0 saturated carbocycles. The number of rotatable bonds is 8. The molecule has 0 aromatic carbocycles. The minimum atomic E-state index is -0.607. The topological polar surface area (TPSA) is 82.6 Å². The fourth-order valence-corrected chi connectivity index (χ4v) is 2.05. The predicted molar refractivity (Wildman–Crippen MR) is 77.4 cm³/mol. The number of likely N-dealkylation sites (N-methyl/N-ethyl adjacent to an activating group) is 1. The van der Waals surface area contributed by atoms with Gasteiger partial charge in [0.1, 0.15) is 5.72 Å². The number of aliphatic hydroxyl groups excluding tert-OH is 1. The molecule has 6 heteroatoms. The number of ether oxygens (including phenoxy) is 1. The minimum absolute atomic E-state index is 0.0131. The molecule has 1 aliphatic rings. The zero-order chi connectivity index (χ0) is 15.2. The lowest BCUT2D eigenvalue weighted by atomic mass is 9.99. The summed E-state index contributed by atoms with van der Waals surface area (Å²) in [4.78, 5) is 12.0. The maximum absolute atomic E-state index is 12.0. The first kappa shape index (κ1) is 16.3. The maximum atomic E-state index is 12.0. The highest BCUT2D eigenvalue weighted by Gasteiger charge is 2.41. The van der Waals surface area contributed by atoms with Crippen LogP contribution in [0.2, 0.25) is 0 Å². The van der Waals surface area contributed by atoms with Gasteiger partial charge in [0.05, 0.1) is 18.3 Å². The first-order valence-corrected chi connectivity index (χ1v) is 6.57. The van der Waals surface area contributed by atoms with Crippen LogP contribution in [0.3, 0.4) is 0 Å². The molecule has 0 aromatic rings.